The van der Waals surface area contributed by atoms with Crippen LogP contribution in [-0.4, -0.2) is 40.1 Å². The lowest BCUT2D eigenvalue weighted by molar-refractivity contribution is -0.131. The first-order valence-electron chi connectivity index (χ1n) is 8.89. The lowest BCUT2D eigenvalue weighted by atomic mass is 9.89. The van der Waals surface area contributed by atoms with Crippen LogP contribution in [0.15, 0.2) is 4.52 Å². The quantitative estimate of drug-likeness (QED) is 0.835. The molecule has 3 atom stereocenters. The standard InChI is InChI=1S/C17H30N4O2/c1-5-7-8-16-19-17(23-20-16)12(3)18-15-9-10-21(13(4)22)11-14(15)6-2/h12,14-15,18H,5-11H2,1-4H3/t12-,14+,15+/m0/s1. The number of hydrogen-bond acceptors (Lipinski definition) is 5. The van der Waals surface area contributed by atoms with Gasteiger partial charge in [0, 0.05) is 32.5 Å². The molecule has 0 saturated carbocycles. The lowest BCUT2D eigenvalue weighted by Gasteiger charge is -2.39. The number of nitrogens with one attached hydrogen (secondary N) is 1. The van der Waals surface area contributed by atoms with Gasteiger partial charge in [-0.25, -0.2) is 0 Å². The van der Waals surface area contributed by atoms with E-state index in [4.69, 9.17) is 4.52 Å². The average molecular weight is 322 g/mol. The highest BCUT2D eigenvalue weighted by molar-refractivity contribution is 5.73. The van der Waals surface area contributed by atoms with Crippen LogP contribution in [0.3, 0.4) is 0 Å². The summed E-state index contributed by atoms with van der Waals surface area (Å²) in [5.74, 6) is 2.11. The number of rotatable bonds is 7. The van der Waals surface area contributed by atoms with Gasteiger partial charge in [0.05, 0.1) is 6.04 Å². The number of aromatic nitrogens is 2. The maximum Gasteiger partial charge on any atom is 0.243 e. The third kappa shape index (κ3) is 4.77. The van der Waals surface area contributed by atoms with Gasteiger partial charge in [-0.3, -0.25) is 4.79 Å². The maximum atomic E-state index is 11.6. The van der Waals surface area contributed by atoms with Gasteiger partial charge in [-0.1, -0.05) is 31.8 Å². The van der Waals surface area contributed by atoms with Crippen LogP contribution in [0.25, 0.3) is 0 Å². The van der Waals surface area contributed by atoms with Crippen molar-refractivity contribution in [3.05, 3.63) is 11.7 Å². The second-order valence-electron chi connectivity index (χ2n) is 6.57. The number of hydrogen-bond donors (Lipinski definition) is 1. The fourth-order valence-electron chi connectivity index (χ4n) is 3.22. The number of carbonyl (C=O) groups is 1. The molecule has 0 unspecified atom stereocenters. The summed E-state index contributed by atoms with van der Waals surface area (Å²) in [6.07, 6.45) is 5.12. The Balaban J connectivity index is 1.92. The number of carbonyl (C=O) groups excluding carboxylic acids is 1. The van der Waals surface area contributed by atoms with E-state index in [0.29, 0.717) is 17.9 Å². The molecule has 6 heteroatoms. The van der Waals surface area contributed by atoms with E-state index in [1.807, 2.05) is 4.90 Å². The Morgan fingerprint density at radius 2 is 2.26 bits per heavy atom. The van der Waals surface area contributed by atoms with Crippen LogP contribution in [-0.2, 0) is 11.2 Å². The molecule has 0 spiro atoms. The van der Waals surface area contributed by atoms with Crippen LogP contribution in [0.5, 0.6) is 0 Å². The topological polar surface area (TPSA) is 71.3 Å². The molecular weight excluding hydrogens is 292 g/mol. The van der Waals surface area contributed by atoms with E-state index in [0.717, 1.165) is 51.0 Å². The molecule has 1 fully saturated rings. The Morgan fingerprint density at radius 3 is 2.91 bits per heavy atom. The van der Waals surface area contributed by atoms with Crippen LogP contribution in [0.4, 0.5) is 0 Å². The summed E-state index contributed by atoms with van der Waals surface area (Å²) < 4.78 is 5.41. The molecule has 0 bridgehead atoms. The molecule has 2 rings (SSSR count). The van der Waals surface area contributed by atoms with Gasteiger partial charge in [-0.05, 0) is 25.7 Å². The lowest BCUT2D eigenvalue weighted by Crippen LogP contribution is -2.50. The van der Waals surface area contributed by atoms with Crippen molar-refractivity contribution in [3.63, 3.8) is 0 Å². The van der Waals surface area contributed by atoms with Crippen molar-refractivity contribution in [3.8, 4) is 0 Å². The van der Waals surface area contributed by atoms with E-state index < -0.39 is 0 Å². The molecule has 0 aromatic carbocycles. The summed E-state index contributed by atoms with van der Waals surface area (Å²) in [6.45, 7) is 9.72. The van der Waals surface area contributed by atoms with Crippen molar-refractivity contribution >= 4 is 5.91 Å². The molecule has 1 N–H and O–H groups in total. The first-order chi connectivity index (χ1) is 11.0. The molecular formula is C17H30N4O2. The summed E-state index contributed by atoms with van der Waals surface area (Å²) in [5, 5.41) is 7.69. The zero-order valence-corrected chi connectivity index (χ0v) is 14.8. The predicted octanol–water partition coefficient (Wildman–Crippen LogP) is 2.71. The van der Waals surface area contributed by atoms with E-state index in [1.54, 1.807) is 6.92 Å². The second-order valence-corrected chi connectivity index (χ2v) is 6.57. The number of unbranched alkanes of at least 4 members (excludes halogenated alkanes) is 1. The maximum absolute atomic E-state index is 11.6. The van der Waals surface area contributed by atoms with Crippen molar-refractivity contribution in [1.29, 1.82) is 0 Å². The number of aryl methyl sites for hydroxylation is 1. The van der Waals surface area contributed by atoms with Gasteiger partial charge < -0.3 is 14.7 Å². The minimum absolute atomic E-state index is 0.0424. The van der Waals surface area contributed by atoms with Gasteiger partial charge in [0.15, 0.2) is 5.82 Å². The first kappa shape index (κ1) is 17.9. The predicted molar refractivity (Wildman–Crippen MR) is 88.9 cm³/mol. The highest BCUT2D eigenvalue weighted by Gasteiger charge is 2.31. The molecule has 130 valence electrons. The van der Waals surface area contributed by atoms with E-state index >= 15 is 0 Å². The van der Waals surface area contributed by atoms with Crippen LogP contribution in [0.2, 0.25) is 0 Å². The molecule has 2 heterocycles. The van der Waals surface area contributed by atoms with Crippen molar-refractivity contribution in [1.82, 2.24) is 20.4 Å². The van der Waals surface area contributed by atoms with Crippen LogP contribution < -0.4 is 5.32 Å². The van der Waals surface area contributed by atoms with Gasteiger partial charge in [0.1, 0.15) is 0 Å². The van der Waals surface area contributed by atoms with Crippen molar-refractivity contribution in [2.75, 3.05) is 13.1 Å². The first-order valence-corrected chi connectivity index (χ1v) is 8.89. The van der Waals surface area contributed by atoms with Gasteiger partial charge >= 0.3 is 0 Å². The fourth-order valence-corrected chi connectivity index (χ4v) is 3.22. The number of nitrogens with zero attached hydrogens (tertiary/aromatic N) is 3. The highest BCUT2D eigenvalue weighted by atomic mass is 16.5. The largest absolute Gasteiger partial charge is 0.343 e. The molecule has 1 aromatic rings. The average Bonchev–Trinajstić information content (AvgIpc) is 3.02. The molecule has 0 radical (unpaired) electrons. The van der Waals surface area contributed by atoms with Crippen molar-refractivity contribution in [2.45, 2.75) is 71.9 Å². The molecule has 1 aliphatic rings. The number of piperidine rings is 1. The summed E-state index contributed by atoms with van der Waals surface area (Å²) in [4.78, 5) is 18.0. The zero-order valence-electron chi connectivity index (χ0n) is 14.8. The normalized spacial score (nSPS) is 23.0. The van der Waals surface area contributed by atoms with Gasteiger partial charge in [0.2, 0.25) is 11.8 Å². The summed E-state index contributed by atoms with van der Waals surface area (Å²) in [6, 6.07) is 0.428. The molecule has 1 aromatic heterocycles. The Morgan fingerprint density at radius 1 is 1.48 bits per heavy atom. The molecule has 0 aliphatic carbocycles. The smallest absolute Gasteiger partial charge is 0.243 e. The van der Waals surface area contributed by atoms with Crippen LogP contribution in [0.1, 0.15) is 71.1 Å². The molecule has 6 nitrogen and oxygen atoms in total. The summed E-state index contributed by atoms with van der Waals surface area (Å²) in [7, 11) is 0. The molecule has 1 saturated heterocycles. The SMILES string of the molecule is CCCCc1noc([C@H](C)N[C@@H]2CCN(C(C)=O)C[C@H]2CC)n1. The van der Waals surface area contributed by atoms with Crippen LogP contribution >= 0.6 is 0 Å². The van der Waals surface area contributed by atoms with E-state index in [2.05, 4.69) is 36.2 Å². The Kier molecular flexibility index (Phi) is 6.57. The Labute approximate surface area is 139 Å². The van der Waals surface area contributed by atoms with E-state index in [9.17, 15) is 4.79 Å². The van der Waals surface area contributed by atoms with E-state index in [1.165, 1.54) is 0 Å². The second kappa shape index (κ2) is 8.43. The minimum Gasteiger partial charge on any atom is -0.343 e. The van der Waals surface area contributed by atoms with Gasteiger partial charge in [-0.2, -0.15) is 4.98 Å². The molecule has 1 aliphatic heterocycles. The van der Waals surface area contributed by atoms with Crippen molar-refractivity contribution in [2.24, 2.45) is 5.92 Å². The Hall–Kier alpha value is -1.43. The molecule has 23 heavy (non-hydrogen) atoms. The minimum atomic E-state index is 0.0424. The summed E-state index contributed by atoms with van der Waals surface area (Å²) in [5.41, 5.74) is 0. The van der Waals surface area contributed by atoms with E-state index in [-0.39, 0.29) is 11.9 Å². The van der Waals surface area contributed by atoms with Crippen molar-refractivity contribution < 1.29 is 9.32 Å². The fraction of sp³-hybridized carbons (Fsp3) is 0.824. The third-order valence-corrected chi connectivity index (χ3v) is 4.78. The van der Waals surface area contributed by atoms with Gasteiger partial charge in [-0.15, -0.1) is 0 Å². The van der Waals surface area contributed by atoms with Crippen LogP contribution in [0, 0.1) is 5.92 Å². The third-order valence-electron chi connectivity index (χ3n) is 4.78. The summed E-state index contributed by atoms with van der Waals surface area (Å²) >= 11 is 0. The number of likely N-dealkylation sites (tertiary alicyclic amines) is 1. The monoisotopic (exact) mass is 322 g/mol. The Bertz CT molecular complexity index is 503. The molecule has 1 amide bonds. The van der Waals surface area contributed by atoms with Gasteiger partial charge in [0.25, 0.3) is 0 Å². The number of amides is 1. The zero-order chi connectivity index (χ0) is 16.8. The highest BCUT2D eigenvalue weighted by Crippen LogP contribution is 2.23.